The molecule has 160 valence electrons. The maximum Gasteiger partial charge on any atom is 0.181 e. The van der Waals surface area contributed by atoms with Crippen LogP contribution < -0.4 is 10.1 Å². The van der Waals surface area contributed by atoms with E-state index in [9.17, 15) is 20.0 Å². The number of aryl methyl sites for hydroxylation is 1. The van der Waals surface area contributed by atoms with Crippen molar-refractivity contribution in [1.82, 2.24) is 5.32 Å². The summed E-state index contributed by atoms with van der Waals surface area (Å²) < 4.78 is 6.37. The maximum atomic E-state index is 13.7. The van der Waals surface area contributed by atoms with Gasteiger partial charge in [-0.05, 0) is 68.8 Å². The Morgan fingerprint density at radius 3 is 2.68 bits per heavy atom. The second-order valence-corrected chi connectivity index (χ2v) is 8.60. The van der Waals surface area contributed by atoms with Crippen molar-refractivity contribution in [2.75, 3.05) is 13.1 Å². The van der Waals surface area contributed by atoms with Crippen molar-refractivity contribution >= 4 is 11.6 Å². The van der Waals surface area contributed by atoms with E-state index in [1.54, 1.807) is 31.2 Å². The molecule has 2 aliphatic heterocycles. The zero-order valence-corrected chi connectivity index (χ0v) is 17.8. The van der Waals surface area contributed by atoms with Gasteiger partial charge in [0.05, 0.1) is 23.3 Å². The Kier molecular flexibility index (Phi) is 5.65. The lowest BCUT2D eigenvalue weighted by atomic mass is 9.70. The second-order valence-electron chi connectivity index (χ2n) is 8.60. The first-order chi connectivity index (χ1) is 14.8. The van der Waals surface area contributed by atoms with Crippen LogP contribution in [0, 0.1) is 24.2 Å². The smallest absolute Gasteiger partial charge is 0.181 e. The van der Waals surface area contributed by atoms with Gasteiger partial charge in [-0.15, -0.1) is 0 Å². The minimum Gasteiger partial charge on any atom is -0.485 e. The number of hydrogen-bond acceptors (Lipinski definition) is 6. The van der Waals surface area contributed by atoms with Gasteiger partial charge in [0.15, 0.2) is 11.6 Å². The molecule has 6 nitrogen and oxygen atoms in total. The number of rotatable bonds is 4. The van der Waals surface area contributed by atoms with Gasteiger partial charge >= 0.3 is 0 Å². The Bertz CT molecular complexity index is 1080. The summed E-state index contributed by atoms with van der Waals surface area (Å²) in [5.74, 6) is -1.06. The molecule has 2 unspecified atom stereocenters. The molecule has 2 atom stereocenters. The lowest BCUT2D eigenvalue weighted by molar-refractivity contribution is -0.0138. The predicted molar refractivity (Wildman–Crippen MR) is 115 cm³/mol. The van der Waals surface area contributed by atoms with Crippen LogP contribution in [0.2, 0.25) is 0 Å². The van der Waals surface area contributed by atoms with Crippen LogP contribution in [0.1, 0.15) is 57.2 Å². The van der Waals surface area contributed by atoms with Crippen LogP contribution in [0.15, 0.2) is 36.4 Å². The zero-order chi connectivity index (χ0) is 22.2. The number of ether oxygens (including phenoxy) is 1. The van der Waals surface area contributed by atoms with E-state index in [0.29, 0.717) is 54.8 Å². The highest BCUT2D eigenvalue weighted by atomic mass is 16.5. The number of ketones is 2. The normalized spacial score (nSPS) is 20.5. The molecular formula is C25H26N2O4. The topological polar surface area (TPSA) is 99.4 Å². The first-order valence-electron chi connectivity index (χ1n) is 10.6. The molecule has 0 aliphatic carbocycles. The summed E-state index contributed by atoms with van der Waals surface area (Å²) >= 11 is 0. The van der Waals surface area contributed by atoms with Crippen LogP contribution in [-0.2, 0) is 6.42 Å². The maximum absolute atomic E-state index is 13.7. The molecule has 2 aromatic carbocycles. The fraction of sp³-hybridized carbons (Fsp3) is 0.400. The molecule has 31 heavy (non-hydrogen) atoms. The minimum absolute atomic E-state index is 0.258. The van der Waals surface area contributed by atoms with Crippen LogP contribution in [0.25, 0.3) is 0 Å². The predicted octanol–water partition coefficient (Wildman–Crippen LogP) is 2.99. The first-order valence-corrected chi connectivity index (χ1v) is 10.6. The molecular weight excluding hydrogens is 392 g/mol. The van der Waals surface area contributed by atoms with Crippen molar-refractivity contribution in [3.05, 3.63) is 64.2 Å². The number of fused-ring (bicyclic) bond motifs is 1. The molecule has 2 N–H and O–H groups in total. The summed E-state index contributed by atoms with van der Waals surface area (Å²) in [6.07, 6.45) is 1.13. The summed E-state index contributed by atoms with van der Waals surface area (Å²) in [5.41, 5.74) is 2.10. The van der Waals surface area contributed by atoms with Crippen LogP contribution in [-0.4, -0.2) is 41.5 Å². The Morgan fingerprint density at radius 2 is 2.03 bits per heavy atom. The third-order valence-corrected chi connectivity index (χ3v) is 6.33. The van der Waals surface area contributed by atoms with Gasteiger partial charge in [-0.2, -0.15) is 5.26 Å². The molecule has 1 saturated heterocycles. The Hall–Kier alpha value is -3.01. The third-order valence-electron chi connectivity index (χ3n) is 6.33. The van der Waals surface area contributed by atoms with Gasteiger partial charge in [0.25, 0.3) is 0 Å². The number of nitrogens with zero attached hydrogens (tertiary/aromatic N) is 1. The van der Waals surface area contributed by atoms with Crippen LogP contribution in [0.5, 0.6) is 5.75 Å². The number of benzene rings is 2. The van der Waals surface area contributed by atoms with Crippen LogP contribution in [0.4, 0.5) is 0 Å². The summed E-state index contributed by atoms with van der Waals surface area (Å²) in [6.45, 7) is 4.96. The van der Waals surface area contributed by atoms with Gasteiger partial charge in [-0.3, -0.25) is 9.59 Å². The summed E-state index contributed by atoms with van der Waals surface area (Å²) in [6, 6.07) is 12.2. The van der Waals surface area contributed by atoms with Crippen LogP contribution in [0.3, 0.4) is 0 Å². The number of carbonyl (C=O) groups is 2. The van der Waals surface area contributed by atoms with E-state index in [1.165, 1.54) is 6.07 Å². The number of nitrogens with one attached hydrogen (secondary N) is 1. The number of carbonyl (C=O) groups excluding carboxylic acids is 2. The van der Waals surface area contributed by atoms with E-state index in [2.05, 4.69) is 11.4 Å². The number of nitriles is 1. The standard InChI is InChI=1S/C25H26N2O4/c1-15-11-19(5-4-18(15)12-16(2)28)23(29)22-24(30)20-13-17(14-26)3-6-21(20)31-25(22)7-9-27-10-8-25/h3-6,11,13,16,22,27-28H,7-10,12H2,1-2H3. The fourth-order valence-corrected chi connectivity index (χ4v) is 4.72. The Labute approximate surface area is 181 Å². The number of hydrogen-bond donors (Lipinski definition) is 2. The first kappa shape index (κ1) is 21.2. The average Bonchev–Trinajstić information content (AvgIpc) is 2.75. The van der Waals surface area contributed by atoms with Gasteiger partial charge in [0, 0.05) is 18.4 Å². The van der Waals surface area contributed by atoms with Crippen molar-refractivity contribution < 1.29 is 19.4 Å². The molecule has 2 heterocycles. The number of aliphatic hydroxyl groups is 1. The molecule has 2 aliphatic rings. The van der Waals surface area contributed by atoms with Crippen molar-refractivity contribution in [2.24, 2.45) is 5.92 Å². The molecule has 2 aromatic rings. The van der Waals surface area contributed by atoms with Crippen molar-refractivity contribution in [3.63, 3.8) is 0 Å². The summed E-state index contributed by atoms with van der Waals surface area (Å²) in [5, 5.41) is 22.2. The highest BCUT2D eigenvalue weighted by molar-refractivity contribution is 6.18. The lowest BCUT2D eigenvalue weighted by Crippen LogP contribution is -2.58. The van der Waals surface area contributed by atoms with Crippen molar-refractivity contribution in [1.29, 1.82) is 5.26 Å². The lowest BCUT2D eigenvalue weighted by Gasteiger charge is -2.45. The summed E-state index contributed by atoms with van der Waals surface area (Å²) in [4.78, 5) is 27.3. The Morgan fingerprint density at radius 1 is 1.29 bits per heavy atom. The van der Waals surface area contributed by atoms with E-state index < -0.39 is 17.6 Å². The largest absolute Gasteiger partial charge is 0.485 e. The fourth-order valence-electron chi connectivity index (χ4n) is 4.72. The van der Waals surface area contributed by atoms with E-state index in [-0.39, 0.29) is 11.6 Å². The van der Waals surface area contributed by atoms with Gasteiger partial charge in [-0.25, -0.2) is 0 Å². The quantitative estimate of drug-likeness (QED) is 0.585. The second kappa shape index (κ2) is 8.26. The molecule has 0 bridgehead atoms. The molecule has 1 fully saturated rings. The average molecular weight is 418 g/mol. The molecule has 4 rings (SSSR count). The van der Waals surface area contributed by atoms with Gasteiger partial charge < -0.3 is 15.2 Å². The molecule has 6 heteroatoms. The van der Waals surface area contributed by atoms with Crippen LogP contribution >= 0.6 is 0 Å². The zero-order valence-electron chi connectivity index (χ0n) is 17.8. The van der Waals surface area contributed by atoms with E-state index in [0.717, 1.165) is 11.1 Å². The van der Waals surface area contributed by atoms with Gasteiger partial charge in [0.1, 0.15) is 17.3 Å². The highest BCUT2D eigenvalue weighted by Crippen LogP contribution is 2.43. The molecule has 0 aromatic heterocycles. The van der Waals surface area contributed by atoms with E-state index >= 15 is 0 Å². The molecule has 0 saturated carbocycles. The summed E-state index contributed by atoms with van der Waals surface area (Å²) in [7, 11) is 0. The van der Waals surface area contributed by atoms with E-state index in [4.69, 9.17) is 4.74 Å². The Balaban J connectivity index is 1.76. The number of Topliss-reactive ketones (excluding diaryl/α,β-unsaturated/α-hetero) is 2. The van der Waals surface area contributed by atoms with E-state index in [1.807, 2.05) is 13.0 Å². The monoisotopic (exact) mass is 418 g/mol. The molecule has 0 radical (unpaired) electrons. The van der Waals surface area contributed by atoms with Crippen molar-refractivity contribution in [3.8, 4) is 11.8 Å². The number of aliphatic hydroxyl groups excluding tert-OH is 1. The van der Waals surface area contributed by atoms with Gasteiger partial charge in [0.2, 0.25) is 0 Å². The highest BCUT2D eigenvalue weighted by Gasteiger charge is 2.53. The molecule has 0 amide bonds. The third kappa shape index (κ3) is 3.87. The minimum atomic E-state index is -0.960. The van der Waals surface area contributed by atoms with Crippen molar-refractivity contribution in [2.45, 2.75) is 44.8 Å². The van der Waals surface area contributed by atoms with Gasteiger partial charge in [-0.1, -0.05) is 12.1 Å². The SMILES string of the molecule is Cc1cc(C(=O)C2C(=O)c3cc(C#N)ccc3OC23CCNCC3)ccc1CC(C)O. The molecule has 1 spiro atoms. The number of piperidine rings is 1.